The van der Waals surface area contributed by atoms with Gasteiger partial charge in [0, 0.05) is 19.3 Å². The van der Waals surface area contributed by atoms with Gasteiger partial charge in [-0.3, -0.25) is 4.79 Å². The number of hydrogen-bond acceptors (Lipinski definition) is 3. The molecule has 0 N–H and O–H groups in total. The van der Waals surface area contributed by atoms with Crippen molar-refractivity contribution in [1.82, 2.24) is 0 Å². The van der Waals surface area contributed by atoms with Gasteiger partial charge in [0.2, 0.25) is 0 Å². The van der Waals surface area contributed by atoms with Crippen LogP contribution in [-0.2, 0) is 14.4 Å². The van der Waals surface area contributed by atoms with Gasteiger partial charge in [0.15, 0.2) is 0 Å². The van der Waals surface area contributed by atoms with Crippen LogP contribution in [-0.4, -0.2) is 45.0 Å². The molecule has 0 aromatic heterocycles. The number of carbonyl (C=O) groups excluding carboxylic acids is 1. The molecule has 16 heavy (non-hydrogen) atoms. The molecule has 1 heterocycles. The van der Waals surface area contributed by atoms with Crippen LogP contribution in [0.25, 0.3) is 0 Å². The highest BCUT2D eigenvalue weighted by molar-refractivity contribution is 5.68. The van der Waals surface area contributed by atoms with Crippen molar-refractivity contribution in [3.05, 3.63) is 0 Å². The molecule has 0 bridgehead atoms. The van der Waals surface area contributed by atoms with Gasteiger partial charge in [0.05, 0.1) is 21.3 Å². The standard InChI is InChI=1S/C12H24NO3/c1-13(16-3)9-7-11(8-10-13)5-4-6-12(14)15-2/h11H,4-10H2,1-3H3/q+1. The SMILES string of the molecule is COC(=O)CCCC1CC[N+](C)(OC)CC1. The van der Waals surface area contributed by atoms with Gasteiger partial charge in [0.25, 0.3) is 0 Å². The van der Waals surface area contributed by atoms with Crippen molar-refractivity contribution in [2.24, 2.45) is 5.92 Å². The molecule has 0 unspecified atom stereocenters. The molecule has 94 valence electrons. The summed E-state index contributed by atoms with van der Waals surface area (Å²) < 4.78 is 5.36. The summed E-state index contributed by atoms with van der Waals surface area (Å²) in [6.45, 7) is 2.17. The lowest BCUT2D eigenvalue weighted by atomic mass is 9.91. The number of ether oxygens (including phenoxy) is 1. The van der Waals surface area contributed by atoms with Crippen LogP contribution in [0.15, 0.2) is 0 Å². The summed E-state index contributed by atoms with van der Waals surface area (Å²) in [4.78, 5) is 16.4. The molecule has 0 aliphatic carbocycles. The Morgan fingerprint density at radius 3 is 2.44 bits per heavy atom. The van der Waals surface area contributed by atoms with E-state index in [9.17, 15) is 4.79 Å². The third kappa shape index (κ3) is 4.10. The van der Waals surface area contributed by atoms with Crippen LogP contribution >= 0.6 is 0 Å². The zero-order valence-electron chi connectivity index (χ0n) is 10.7. The van der Waals surface area contributed by atoms with Crippen molar-refractivity contribution >= 4 is 5.97 Å². The van der Waals surface area contributed by atoms with E-state index in [1.54, 1.807) is 7.11 Å². The molecule has 4 heteroatoms. The number of carbonyl (C=O) groups is 1. The number of hydroxylamine groups is 3. The van der Waals surface area contributed by atoms with E-state index < -0.39 is 0 Å². The van der Waals surface area contributed by atoms with E-state index in [-0.39, 0.29) is 5.97 Å². The third-order valence-corrected chi connectivity index (χ3v) is 3.68. The summed E-state index contributed by atoms with van der Waals surface area (Å²) >= 11 is 0. The normalized spacial score (nSPS) is 30.1. The van der Waals surface area contributed by atoms with Crippen LogP contribution in [0.5, 0.6) is 0 Å². The van der Waals surface area contributed by atoms with Crippen LogP contribution in [0, 0.1) is 5.92 Å². The summed E-state index contributed by atoms with van der Waals surface area (Å²) in [6, 6.07) is 0. The minimum Gasteiger partial charge on any atom is -0.469 e. The lowest BCUT2D eigenvalue weighted by Crippen LogP contribution is -2.48. The first-order valence-electron chi connectivity index (χ1n) is 6.07. The molecule has 0 aromatic carbocycles. The Morgan fingerprint density at radius 2 is 1.94 bits per heavy atom. The summed E-state index contributed by atoms with van der Waals surface area (Å²) in [6.07, 6.45) is 5.05. The van der Waals surface area contributed by atoms with Gasteiger partial charge in [-0.05, 0) is 18.8 Å². The second-order valence-corrected chi connectivity index (χ2v) is 4.84. The Morgan fingerprint density at radius 1 is 1.31 bits per heavy atom. The second-order valence-electron chi connectivity index (χ2n) is 4.84. The van der Waals surface area contributed by atoms with Crippen molar-refractivity contribution in [2.75, 3.05) is 34.4 Å². The molecular formula is C12H24NO3+. The lowest BCUT2D eigenvalue weighted by molar-refractivity contribution is -1.09. The molecular weight excluding hydrogens is 206 g/mol. The summed E-state index contributed by atoms with van der Waals surface area (Å²) in [5.74, 6) is 0.666. The Bertz CT molecular complexity index is 222. The van der Waals surface area contributed by atoms with Crippen LogP contribution in [0.4, 0.5) is 0 Å². The van der Waals surface area contributed by atoms with Gasteiger partial charge < -0.3 is 4.74 Å². The molecule has 0 radical (unpaired) electrons. The van der Waals surface area contributed by atoms with Crippen molar-refractivity contribution in [1.29, 1.82) is 0 Å². The highest BCUT2D eigenvalue weighted by Crippen LogP contribution is 2.26. The molecule has 1 aliphatic rings. The number of rotatable bonds is 5. The predicted molar refractivity (Wildman–Crippen MR) is 61.5 cm³/mol. The van der Waals surface area contributed by atoms with E-state index in [2.05, 4.69) is 11.8 Å². The monoisotopic (exact) mass is 230 g/mol. The molecule has 1 rings (SSSR count). The molecule has 1 saturated heterocycles. The number of hydrogen-bond donors (Lipinski definition) is 0. The zero-order chi connectivity index (χ0) is 12.0. The Labute approximate surface area is 98.1 Å². The fourth-order valence-electron chi connectivity index (χ4n) is 2.28. The second kappa shape index (κ2) is 6.21. The molecule has 0 amide bonds. The lowest BCUT2D eigenvalue weighted by Gasteiger charge is -2.36. The van der Waals surface area contributed by atoms with E-state index >= 15 is 0 Å². The van der Waals surface area contributed by atoms with Gasteiger partial charge >= 0.3 is 5.97 Å². The maximum absolute atomic E-state index is 11.0. The molecule has 0 saturated carbocycles. The largest absolute Gasteiger partial charge is 0.469 e. The van der Waals surface area contributed by atoms with Crippen molar-refractivity contribution in [3.8, 4) is 0 Å². The number of quaternary nitrogens is 1. The smallest absolute Gasteiger partial charge is 0.305 e. The Hall–Kier alpha value is -0.610. The van der Waals surface area contributed by atoms with Gasteiger partial charge in [-0.1, -0.05) is 0 Å². The highest BCUT2D eigenvalue weighted by Gasteiger charge is 2.30. The number of piperidine rings is 1. The fourth-order valence-corrected chi connectivity index (χ4v) is 2.28. The van der Waals surface area contributed by atoms with E-state index in [0.717, 1.165) is 36.5 Å². The maximum atomic E-state index is 11.0. The van der Waals surface area contributed by atoms with Crippen LogP contribution in [0.3, 0.4) is 0 Å². The van der Waals surface area contributed by atoms with Crippen molar-refractivity contribution < 1.29 is 19.0 Å². The third-order valence-electron chi connectivity index (χ3n) is 3.68. The Balaban J connectivity index is 2.15. The average Bonchev–Trinajstić information content (AvgIpc) is 2.31. The number of methoxy groups -OCH3 is 1. The summed E-state index contributed by atoms with van der Waals surface area (Å²) in [7, 11) is 5.35. The molecule has 0 spiro atoms. The number of likely N-dealkylation sites (tertiary alicyclic amines) is 1. The maximum Gasteiger partial charge on any atom is 0.305 e. The Kier molecular flexibility index (Phi) is 5.22. The predicted octanol–water partition coefficient (Wildman–Crippen LogP) is 1.75. The molecule has 0 atom stereocenters. The summed E-state index contributed by atoms with van der Waals surface area (Å²) in [5, 5.41) is 0. The quantitative estimate of drug-likeness (QED) is 0.533. The molecule has 4 nitrogen and oxygen atoms in total. The first-order valence-corrected chi connectivity index (χ1v) is 6.07. The zero-order valence-corrected chi connectivity index (χ0v) is 10.7. The minimum absolute atomic E-state index is 0.0895. The van der Waals surface area contributed by atoms with Crippen LogP contribution in [0.2, 0.25) is 0 Å². The summed E-state index contributed by atoms with van der Waals surface area (Å²) in [5.41, 5.74) is 0. The van der Waals surface area contributed by atoms with E-state index in [0.29, 0.717) is 6.42 Å². The van der Waals surface area contributed by atoms with Gasteiger partial charge in [-0.25, -0.2) is 4.84 Å². The van der Waals surface area contributed by atoms with Gasteiger partial charge in [0.1, 0.15) is 13.1 Å². The topological polar surface area (TPSA) is 35.5 Å². The van der Waals surface area contributed by atoms with Crippen molar-refractivity contribution in [3.63, 3.8) is 0 Å². The van der Waals surface area contributed by atoms with Crippen LogP contribution in [0.1, 0.15) is 32.1 Å². The fraction of sp³-hybridized carbons (Fsp3) is 0.917. The number of esters is 1. The molecule has 0 aromatic rings. The van der Waals surface area contributed by atoms with Crippen molar-refractivity contribution in [2.45, 2.75) is 32.1 Å². The highest BCUT2D eigenvalue weighted by atomic mass is 16.7. The van der Waals surface area contributed by atoms with Gasteiger partial charge in [-0.2, -0.15) is 4.65 Å². The van der Waals surface area contributed by atoms with E-state index in [1.165, 1.54) is 20.0 Å². The first kappa shape index (κ1) is 13.5. The van der Waals surface area contributed by atoms with Gasteiger partial charge in [-0.15, -0.1) is 0 Å². The average molecular weight is 230 g/mol. The van der Waals surface area contributed by atoms with Crippen LogP contribution < -0.4 is 0 Å². The molecule has 1 fully saturated rings. The molecule has 1 aliphatic heterocycles. The minimum atomic E-state index is -0.0895. The number of nitrogens with zero attached hydrogens (tertiary/aromatic N) is 1. The van der Waals surface area contributed by atoms with E-state index in [1.807, 2.05) is 0 Å². The first-order chi connectivity index (χ1) is 7.59. The van der Waals surface area contributed by atoms with E-state index in [4.69, 9.17) is 4.84 Å².